The van der Waals surface area contributed by atoms with Crippen LogP contribution in [0.4, 0.5) is 0 Å². The average molecular weight is 288 g/mol. The summed E-state index contributed by atoms with van der Waals surface area (Å²) in [5.41, 5.74) is 1.33. The second-order valence-electron chi connectivity index (χ2n) is 3.85. The number of hydrogen-bond acceptors (Lipinski definition) is 3. The molecule has 0 saturated carbocycles. The SMILES string of the molecule is CC=Cc1cc(-c2cccs2)sc1-c1cccs1. The van der Waals surface area contributed by atoms with Crippen molar-refractivity contribution >= 4 is 40.1 Å². The largest absolute Gasteiger partial charge is 0.143 e. The van der Waals surface area contributed by atoms with Gasteiger partial charge in [-0.2, -0.15) is 0 Å². The van der Waals surface area contributed by atoms with E-state index in [4.69, 9.17) is 0 Å². The normalized spacial score (nSPS) is 11.4. The molecule has 0 fully saturated rings. The van der Waals surface area contributed by atoms with Crippen LogP contribution < -0.4 is 0 Å². The minimum atomic E-state index is 1.33. The van der Waals surface area contributed by atoms with E-state index in [9.17, 15) is 0 Å². The van der Waals surface area contributed by atoms with Crippen molar-refractivity contribution in [2.75, 3.05) is 0 Å². The fraction of sp³-hybridized carbons (Fsp3) is 0.0667. The van der Waals surface area contributed by atoms with E-state index in [0.29, 0.717) is 0 Å². The summed E-state index contributed by atoms with van der Waals surface area (Å²) in [6, 6.07) is 10.9. The van der Waals surface area contributed by atoms with Crippen LogP contribution in [0.15, 0.2) is 47.2 Å². The monoisotopic (exact) mass is 288 g/mol. The van der Waals surface area contributed by atoms with Crippen LogP contribution >= 0.6 is 34.0 Å². The van der Waals surface area contributed by atoms with Gasteiger partial charge in [-0.15, -0.1) is 34.0 Å². The van der Waals surface area contributed by atoms with Crippen LogP contribution in [-0.4, -0.2) is 0 Å². The molecule has 0 aliphatic carbocycles. The van der Waals surface area contributed by atoms with E-state index >= 15 is 0 Å². The maximum absolute atomic E-state index is 2.30. The van der Waals surface area contributed by atoms with Gasteiger partial charge < -0.3 is 0 Å². The lowest BCUT2D eigenvalue weighted by molar-refractivity contribution is 1.75. The van der Waals surface area contributed by atoms with E-state index in [1.807, 2.05) is 11.3 Å². The molecule has 3 heterocycles. The first-order valence-corrected chi connectivity index (χ1v) is 8.30. The number of allylic oxidation sites excluding steroid dienone is 1. The number of hydrogen-bond donors (Lipinski definition) is 0. The first-order chi connectivity index (χ1) is 8.88. The van der Waals surface area contributed by atoms with Crippen LogP contribution in [0.5, 0.6) is 0 Å². The fourth-order valence-corrected chi connectivity index (χ4v) is 4.70. The Morgan fingerprint density at radius 2 is 1.67 bits per heavy atom. The van der Waals surface area contributed by atoms with Crippen molar-refractivity contribution < 1.29 is 0 Å². The molecule has 3 rings (SSSR count). The Hall–Kier alpha value is -1.16. The van der Waals surface area contributed by atoms with Crippen molar-refractivity contribution in [1.82, 2.24) is 0 Å². The quantitative estimate of drug-likeness (QED) is 0.535. The topological polar surface area (TPSA) is 0 Å². The molecule has 0 N–H and O–H groups in total. The smallest absolute Gasteiger partial charge is 0.0521 e. The zero-order valence-electron chi connectivity index (χ0n) is 9.92. The lowest BCUT2D eigenvalue weighted by Gasteiger charge is -1.93. The van der Waals surface area contributed by atoms with Gasteiger partial charge in [0, 0.05) is 14.6 Å². The van der Waals surface area contributed by atoms with Crippen molar-refractivity contribution in [3.63, 3.8) is 0 Å². The fourth-order valence-electron chi connectivity index (χ4n) is 1.85. The van der Waals surface area contributed by atoms with Crippen LogP contribution in [-0.2, 0) is 0 Å². The van der Waals surface area contributed by atoms with Gasteiger partial charge in [0.25, 0.3) is 0 Å². The molecular weight excluding hydrogens is 276 g/mol. The number of rotatable bonds is 3. The molecule has 18 heavy (non-hydrogen) atoms. The van der Waals surface area contributed by atoms with Crippen molar-refractivity contribution in [1.29, 1.82) is 0 Å². The van der Waals surface area contributed by atoms with E-state index in [1.54, 1.807) is 22.7 Å². The van der Waals surface area contributed by atoms with Crippen LogP contribution in [0.1, 0.15) is 12.5 Å². The summed E-state index contributed by atoms with van der Waals surface area (Å²) in [7, 11) is 0. The molecular formula is C15H12S3. The highest BCUT2D eigenvalue weighted by Gasteiger charge is 2.11. The van der Waals surface area contributed by atoms with Gasteiger partial charge in [0.05, 0.1) is 4.88 Å². The average Bonchev–Trinajstić information content (AvgIpc) is 3.11. The van der Waals surface area contributed by atoms with Crippen LogP contribution in [0, 0.1) is 0 Å². The number of thiophene rings is 3. The molecule has 3 heteroatoms. The van der Waals surface area contributed by atoms with Gasteiger partial charge >= 0.3 is 0 Å². The first-order valence-electron chi connectivity index (χ1n) is 5.73. The molecule has 3 aromatic heterocycles. The maximum atomic E-state index is 2.30. The minimum absolute atomic E-state index is 1.33. The molecule has 0 amide bonds. The summed E-state index contributed by atoms with van der Waals surface area (Å²) in [6.07, 6.45) is 4.31. The predicted octanol–water partition coefficient (Wildman–Crippen LogP) is 6.24. The summed E-state index contributed by atoms with van der Waals surface area (Å²) in [6.45, 7) is 2.07. The molecule has 3 aromatic rings. The Morgan fingerprint density at radius 3 is 2.28 bits per heavy atom. The predicted molar refractivity (Wildman–Crippen MR) is 85.7 cm³/mol. The Labute approximate surface area is 119 Å². The van der Waals surface area contributed by atoms with Gasteiger partial charge in [-0.1, -0.05) is 24.3 Å². The van der Waals surface area contributed by atoms with E-state index in [0.717, 1.165) is 0 Å². The van der Waals surface area contributed by atoms with E-state index < -0.39 is 0 Å². The Kier molecular flexibility index (Phi) is 3.46. The molecule has 0 aliphatic heterocycles. The lowest BCUT2D eigenvalue weighted by atomic mass is 10.2. The molecule has 0 aromatic carbocycles. The summed E-state index contributed by atoms with van der Waals surface area (Å²) in [5.74, 6) is 0. The molecule has 0 saturated heterocycles. The zero-order valence-corrected chi connectivity index (χ0v) is 12.4. The molecule has 0 bridgehead atoms. The highest BCUT2D eigenvalue weighted by atomic mass is 32.1. The third-order valence-corrected chi connectivity index (χ3v) is 5.88. The summed E-state index contributed by atoms with van der Waals surface area (Å²) >= 11 is 5.49. The van der Waals surface area contributed by atoms with Gasteiger partial charge in [-0.05, 0) is 41.4 Å². The summed E-state index contributed by atoms with van der Waals surface area (Å²) < 4.78 is 0. The maximum Gasteiger partial charge on any atom is 0.0521 e. The van der Waals surface area contributed by atoms with Gasteiger partial charge in [0.2, 0.25) is 0 Å². The molecule has 90 valence electrons. The van der Waals surface area contributed by atoms with Crippen molar-refractivity contribution in [3.05, 3.63) is 52.7 Å². The lowest BCUT2D eigenvalue weighted by Crippen LogP contribution is -1.68. The molecule has 0 aliphatic rings. The van der Waals surface area contributed by atoms with E-state index in [1.165, 1.54) is 25.1 Å². The summed E-state index contributed by atoms with van der Waals surface area (Å²) in [5, 5.41) is 4.27. The minimum Gasteiger partial charge on any atom is -0.143 e. The molecule has 0 atom stereocenters. The van der Waals surface area contributed by atoms with Gasteiger partial charge in [0.15, 0.2) is 0 Å². The Morgan fingerprint density at radius 1 is 0.944 bits per heavy atom. The van der Waals surface area contributed by atoms with Crippen molar-refractivity contribution in [3.8, 4) is 19.5 Å². The zero-order chi connectivity index (χ0) is 12.4. The molecule has 0 unspecified atom stereocenters. The third kappa shape index (κ3) is 2.21. The van der Waals surface area contributed by atoms with Crippen LogP contribution in [0.2, 0.25) is 0 Å². The van der Waals surface area contributed by atoms with E-state index in [2.05, 4.69) is 60.2 Å². The second kappa shape index (κ2) is 5.22. The molecule has 0 spiro atoms. The third-order valence-electron chi connectivity index (χ3n) is 2.62. The Balaban J connectivity index is 2.13. The molecule has 0 nitrogen and oxygen atoms in total. The van der Waals surface area contributed by atoms with E-state index in [-0.39, 0.29) is 0 Å². The molecule has 0 radical (unpaired) electrons. The van der Waals surface area contributed by atoms with Gasteiger partial charge in [-0.25, -0.2) is 0 Å². The summed E-state index contributed by atoms with van der Waals surface area (Å²) in [4.78, 5) is 5.46. The van der Waals surface area contributed by atoms with Gasteiger partial charge in [0.1, 0.15) is 0 Å². The second-order valence-corrected chi connectivity index (χ2v) is 6.80. The van der Waals surface area contributed by atoms with Crippen molar-refractivity contribution in [2.24, 2.45) is 0 Å². The van der Waals surface area contributed by atoms with Gasteiger partial charge in [-0.3, -0.25) is 0 Å². The van der Waals surface area contributed by atoms with Crippen molar-refractivity contribution in [2.45, 2.75) is 6.92 Å². The van der Waals surface area contributed by atoms with Crippen LogP contribution in [0.3, 0.4) is 0 Å². The first kappa shape index (κ1) is 11.9. The highest BCUT2D eigenvalue weighted by molar-refractivity contribution is 7.26. The van der Waals surface area contributed by atoms with Crippen LogP contribution in [0.25, 0.3) is 25.6 Å². The highest BCUT2D eigenvalue weighted by Crippen LogP contribution is 2.41. The standard InChI is InChI=1S/C15H12S3/c1-2-5-11-10-14(12-6-3-8-16-12)18-15(11)13-7-4-9-17-13/h2-10H,1H3. The Bertz CT molecular complexity index is 640.